The molecule has 5 heteroatoms. The number of aliphatic hydroxyl groups excluding tert-OH is 1. The molecule has 0 aliphatic rings. The maximum atomic E-state index is 9.97. The highest BCUT2D eigenvalue weighted by molar-refractivity contribution is 6.30. The first-order valence-electron chi connectivity index (χ1n) is 7.10. The molecular formula is C17H19Cl2NO2. The molecule has 0 bridgehead atoms. The van der Waals surface area contributed by atoms with Crippen molar-refractivity contribution in [3.05, 3.63) is 64.1 Å². The molecule has 0 radical (unpaired) electrons. The van der Waals surface area contributed by atoms with Gasteiger partial charge in [0.15, 0.2) is 0 Å². The van der Waals surface area contributed by atoms with Gasteiger partial charge in [0.2, 0.25) is 0 Å². The van der Waals surface area contributed by atoms with Crippen LogP contribution in [0.4, 0.5) is 0 Å². The van der Waals surface area contributed by atoms with Crippen molar-refractivity contribution in [2.75, 3.05) is 13.2 Å². The Balaban J connectivity index is 1.73. The zero-order valence-electron chi connectivity index (χ0n) is 12.3. The maximum Gasteiger partial charge on any atom is 0.119 e. The van der Waals surface area contributed by atoms with Crippen LogP contribution in [-0.2, 0) is 0 Å². The lowest BCUT2D eigenvalue weighted by Gasteiger charge is -2.18. The third kappa shape index (κ3) is 5.50. The van der Waals surface area contributed by atoms with Crippen molar-refractivity contribution >= 4 is 23.2 Å². The van der Waals surface area contributed by atoms with Crippen molar-refractivity contribution in [3.8, 4) is 5.75 Å². The van der Waals surface area contributed by atoms with Crippen LogP contribution in [0.2, 0.25) is 10.0 Å². The monoisotopic (exact) mass is 339 g/mol. The minimum absolute atomic E-state index is 0.127. The smallest absolute Gasteiger partial charge is 0.119 e. The molecule has 2 N–H and O–H groups in total. The Hall–Kier alpha value is -1.26. The minimum atomic E-state index is -0.592. The fourth-order valence-electron chi connectivity index (χ4n) is 1.96. The molecule has 118 valence electrons. The third-order valence-electron chi connectivity index (χ3n) is 3.29. The standard InChI is InChI=1S/C17H19Cl2NO2/c1-12(13-2-4-14(18)5-3-13)20-10-16(21)11-22-17-8-6-15(19)7-9-17/h2-9,12,16,20-21H,10-11H2,1H3. The van der Waals surface area contributed by atoms with Gasteiger partial charge < -0.3 is 15.2 Å². The molecule has 0 heterocycles. The van der Waals surface area contributed by atoms with E-state index in [4.69, 9.17) is 27.9 Å². The van der Waals surface area contributed by atoms with Crippen LogP contribution in [0, 0.1) is 0 Å². The quantitative estimate of drug-likeness (QED) is 0.798. The first-order valence-corrected chi connectivity index (χ1v) is 7.85. The summed E-state index contributed by atoms with van der Waals surface area (Å²) in [5.41, 5.74) is 1.12. The van der Waals surface area contributed by atoms with Gasteiger partial charge in [0.1, 0.15) is 18.5 Å². The number of halogens is 2. The Morgan fingerprint density at radius 2 is 1.55 bits per heavy atom. The van der Waals surface area contributed by atoms with Crippen molar-refractivity contribution < 1.29 is 9.84 Å². The molecule has 0 spiro atoms. The van der Waals surface area contributed by atoms with Crippen molar-refractivity contribution in [2.45, 2.75) is 19.1 Å². The van der Waals surface area contributed by atoms with Gasteiger partial charge in [-0.1, -0.05) is 35.3 Å². The highest BCUT2D eigenvalue weighted by atomic mass is 35.5. The molecule has 0 fully saturated rings. The average molecular weight is 340 g/mol. The summed E-state index contributed by atoms with van der Waals surface area (Å²) in [5.74, 6) is 0.689. The van der Waals surface area contributed by atoms with Crippen LogP contribution < -0.4 is 10.1 Å². The van der Waals surface area contributed by atoms with Gasteiger partial charge in [-0.15, -0.1) is 0 Å². The van der Waals surface area contributed by atoms with Gasteiger partial charge in [-0.25, -0.2) is 0 Å². The van der Waals surface area contributed by atoms with Gasteiger partial charge in [-0.2, -0.15) is 0 Å². The molecule has 0 aromatic heterocycles. The van der Waals surface area contributed by atoms with Crippen molar-refractivity contribution in [1.82, 2.24) is 5.32 Å². The van der Waals surface area contributed by atoms with E-state index in [-0.39, 0.29) is 12.6 Å². The van der Waals surface area contributed by atoms with E-state index in [1.165, 1.54) is 0 Å². The Kier molecular flexibility index (Phi) is 6.52. The van der Waals surface area contributed by atoms with Gasteiger partial charge in [0.25, 0.3) is 0 Å². The number of ether oxygens (including phenoxy) is 1. The largest absolute Gasteiger partial charge is 0.491 e. The van der Waals surface area contributed by atoms with Gasteiger partial charge in [0, 0.05) is 22.6 Å². The molecule has 2 rings (SSSR count). The normalized spacial score (nSPS) is 13.6. The van der Waals surface area contributed by atoms with Gasteiger partial charge in [-0.3, -0.25) is 0 Å². The number of aliphatic hydroxyl groups is 1. The predicted octanol–water partition coefficient (Wildman–Crippen LogP) is 4.08. The molecule has 2 atom stereocenters. The number of nitrogens with one attached hydrogen (secondary N) is 1. The van der Waals surface area contributed by atoms with Gasteiger partial charge in [-0.05, 0) is 48.9 Å². The number of benzene rings is 2. The van der Waals surface area contributed by atoms with E-state index in [9.17, 15) is 5.11 Å². The zero-order valence-corrected chi connectivity index (χ0v) is 13.8. The van der Waals surface area contributed by atoms with E-state index < -0.39 is 6.10 Å². The molecule has 0 aliphatic carbocycles. The second-order valence-electron chi connectivity index (χ2n) is 5.10. The topological polar surface area (TPSA) is 41.5 Å². The third-order valence-corrected chi connectivity index (χ3v) is 3.79. The van der Waals surface area contributed by atoms with Crippen LogP contribution in [0.5, 0.6) is 5.75 Å². The van der Waals surface area contributed by atoms with Gasteiger partial charge in [0.05, 0.1) is 0 Å². The lowest BCUT2D eigenvalue weighted by molar-refractivity contribution is 0.104. The lowest BCUT2D eigenvalue weighted by atomic mass is 10.1. The first-order chi connectivity index (χ1) is 10.5. The molecule has 0 saturated carbocycles. The molecule has 0 saturated heterocycles. The van der Waals surface area contributed by atoms with Crippen molar-refractivity contribution in [3.63, 3.8) is 0 Å². The van der Waals surface area contributed by atoms with E-state index in [0.29, 0.717) is 22.3 Å². The Bertz CT molecular complexity index is 572. The van der Waals surface area contributed by atoms with E-state index in [2.05, 4.69) is 5.32 Å². The Morgan fingerprint density at radius 3 is 2.14 bits per heavy atom. The fraction of sp³-hybridized carbons (Fsp3) is 0.294. The van der Waals surface area contributed by atoms with E-state index in [1.54, 1.807) is 24.3 Å². The summed E-state index contributed by atoms with van der Waals surface area (Å²) in [6.45, 7) is 2.70. The zero-order chi connectivity index (χ0) is 15.9. The first kappa shape index (κ1) is 17.1. The highest BCUT2D eigenvalue weighted by Gasteiger charge is 2.09. The second-order valence-corrected chi connectivity index (χ2v) is 5.97. The van der Waals surface area contributed by atoms with Gasteiger partial charge >= 0.3 is 0 Å². The summed E-state index contributed by atoms with van der Waals surface area (Å²) in [4.78, 5) is 0. The molecule has 2 aromatic rings. The molecular weight excluding hydrogens is 321 g/mol. The summed E-state index contributed by atoms with van der Waals surface area (Å²) in [6.07, 6.45) is -0.592. The van der Waals surface area contributed by atoms with Crippen LogP contribution in [0.25, 0.3) is 0 Å². The number of hydrogen-bond donors (Lipinski definition) is 2. The van der Waals surface area contributed by atoms with E-state index in [0.717, 1.165) is 5.56 Å². The predicted molar refractivity (Wildman–Crippen MR) is 90.8 cm³/mol. The van der Waals surface area contributed by atoms with Crippen LogP contribution in [-0.4, -0.2) is 24.4 Å². The Morgan fingerprint density at radius 1 is 1.00 bits per heavy atom. The van der Waals surface area contributed by atoms with Crippen molar-refractivity contribution in [2.24, 2.45) is 0 Å². The highest BCUT2D eigenvalue weighted by Crippen LogP contribution is 2.17. The van der Waals surface area contributed by atoms with E-state index in [1.807, 2.05) is 31.2 Å². The number of hydrogen-bond acceptors (Lipinski definition) is 3. The fourth-order valence-corrected chi connectivity index (χ4v) is 2.22. The summed E-state index contributed by atoms with van der Waals surface area (Å²) in [5, 5.41) is 14.6. The molecule has 3 nitrogen and oxygen atoms in total. The SMILES string of the molecule is CC(NCC(O)COc1ccc(Cl)cc1)c1ccc(Cl)cc1. The summed E-state index contributed by atoms with van der Waals surface area (Å²) in [7, 11) is 0. The summed E-state index contributed by atoms with van der Waals surface area (Å²) < 4.78 is 5.51. The minimum Gasteiger partial charge on any atom is -0.491 e. The van der Waals surface area contributed by atoms with Crippen LogP contribution in [0.3, 0.4) is 0 Å². The number of rotatable bonds is 7. The summed E-state index contributed by atoms with van der Waals surface area (Å²) in [6, 6.07) is 14.8. The van der Waals surface area contributed by atoms with Crippen molar-refractivity contribution in [1.29, 1.82) is 0 Å². The lowest BCUT2D eigenvalue weighted by Crippen LogP contribution is -2.33. The average Bonchev–Trinajstić information content (AvgIpc) is 2.52. The Labute approximate surface area is 140 Å². The molecule has 0 aliphatic heterocycles. The molecule has 2 unspecified atom stereocenters. The molecule has 0 amide bonds. The molecule has 2 aromatic carbocycles. The molecule has 22 heavy (non-hydrogen) atoms. The summed E-state index contributed by atoms with van der Waals surface area (Å²) >= 11 is 11.7. The maximum absolute atomic E-state index is 9.97. The van der Waals surface area contributed by atoms with Crippen LogP contribution in [0.1, 0.15) is 18.5 Å². The van der Waals surface area contributed by atoms with E-state index >= 15 is 0 Å². The van der Waals surface area contributed by atoms with Crippen LogP contribution >= 0.6 is 23.2 Å². The van der Waals surface area contributed by atoms with Crippen LogP contribution in [0.15, 0.2) is 48.5 Å². The second kappa shape index (κ2) is 8.39.